The maximum Gasteiger partial charge on any atom is 0.344 e. The number of carbonyl (C=O) groups excluding carboxylic acids is 2. The van der Waals surface area contributed by atoms with Crippen molar-refractivity contribution in [1.82, 2.24) is 0 Å². The number of ether oxygens (including phenoxy) is 3. The zero-order valence-electron chi connectivity index (χ0n) is 19.9. The third-order valence-corrected chi connectivity index (χ3v) is 6.00. The lowest BCUT2D eigenvalue weighted by Crippen LogP contribution is -2.14. The van der Waals surface area contributed by atoms with Crippen molar-refractivity contribution in [2.75, 3.05) is 13.7 Å². The number of benzene rings is 2. The molecular weight excluding hydrogens is 486 g/mol. The molecule has 1 aliphatic rings. The van der Waals surface area contributed by atoms with Crippen LogP contribution in [0.15, 0.2) is 63.7 Å². The van der Waals surface area contributed by atoms with Gasteiger partial charge in [0, 0.05) is 6.42 Å². The largest absolute Gasteiger partial charge is 0.506 e. The molecule has 1 amide bonds. The first kappa shape index (κ1) is 26.6. The van der Waals surface area contributed by atoms with E-state index in [1.54, 1.807) is 50.3 Å². The van der Waals surface area contributed by atoms with E-state index in [0.717, 1.165) is 17.3 Å². The molecule has 0 saturated heterocycles. The van der Waals surface area contributed by atoms with E-state index in [1.165, 1.54) is 19.2 Å². The normalized spacial score (nSPS) is 15.3. The van der Waals surface area contributed by atoms with E-state index in [9.17, 15) is 19.5 Å². The number of carboxylic acids is 1. The Morgan fingerprint density at radius 1 is 1.06 bits per heavy atom. The minimum atomic E-state index is -1.00. The Morgan fingerprint density at radius 3 is 2.39 bits per heavy atom. The van der Waals surface area contributed by atoms with E-state index < -0.39 is 17.8 Å². The van der Waals surface area contributed by atoms with Crippen molar-refractivity contribution in [1.29, 1.82) is 0 Å². The number of nitrogens with zero attached hydrogens (tertiary/aromatic N) is 1. The molecule has 1 aliphatic heterocycles. The molecule has 0 atom stereocenters. The molecule has 188 valence electrons. The van der Waals surface area contributed by atoms with Gasteiger partial charge in [0.15, 0.2) is 11.5 Å². The van der Waals surface area contributed by atoms with Crippen molar-refractivity contribution in [3.63, 3.8) is 0 Å². The van der Waals surface area contributed by atoms with Crippen LogP contribution in [0.1, 0.15) is 41.8 Å². The van der Waals surface area contributed by atoms with Gasteiger partial charge in [-0.2, -0.15) is 0 Å². The first-order valence-corrected chi connectivity index (χ1v) is 11.8. The fourth-order valence-corrected chi connectivity index (χ4v) is 4.16. The van der Waals surface area contributed by atoms with E-state index in [2.05, 4.69) is 4.99 Å². The Hall–Kier alpha value is -4.05. The number of hydrogen-bond acceptors (Lipinski definition) is 8. The highest BCUT2D eigenvalue weighted by molar-refractivity contribution is 8.18. The summed E-state index contributed by atoms with van der Waals surface area (Å²) in [4.78, 5) is 39.5. The Labute approximate surface area is 212 Å². The van der Waals surface area contributed by atoms with E-state index in [-0.39, 0.29) is 41.6 Å². The summed E-state index contributed by atoms with van der Waals surface area (Å²) < 4.78 is 16.3. The molecule has 0 radical (unpaired) electrons. The van der Waals surface area contributed by atoms with Gasteiger partial charge in [-0.3, -0.25) is 4.79 Å². The van der Waals surface area contributed by atoms with E-state index in [4.69, 9.17) is 19.3 Å². The maximum atomic E-state index is 12.4. The number of esters is 1. The molecule has 10 heteroatoms. The van der Waals surface area contributed by atoms with E-state index in [0.29, 0.717) is 22.0 Å². The van der Waals surface area contributed by atoms with Crippen molar-refractivity contribution in [2.24, 2.45) is 4.99 Å². The summed E-state index contributed by atoms with van der Waals surface area (Å²) in [6.45, 7) is 3.60. The number of hydrogen-bond donors (Lipinski definition) is 2. The summed E-state index contributed by atoms with van der Waals surface area (Å²) in [5.74, 6) is -1.60. The predicted molar refractivity (Wildman–Crippen MR) is 135 cm³/mol. The number of aromatic carboxylic acids is 1. The molecule has 9 nitrogen and oxygen atoms in total. The molecule has 1 heterocycles. The van der Waals surface area contributed by atoms with Gasteiger partial charge in [-0.25, -0.2) is 14.6 Å². The van der Waals surface area contributed by atoms with Gasteiger partial charge >= 0.3 is 11.9 Å². The van der Waals surface area contributed by atoms with Gasteiger partial charge in [0.25, 0.3) is 0 Å². The summed E-state index contributed by atoms with van der Waals surface area (Å²) >= 11 is 0.999. The summed E-state index contributed by atoms with van der Waals surface area (Å²) in [6, 6.07) is 11.5. The molecule has 0 aromatic heterocycles. The fraction of sp³-hybridized carbons (Fsp3) is 0.231. The number of aliphatic hydroxyl groups is 1. The van der Waals surface area contributed by atoms with Crippen LogP contribution in [-0.4, -0.2) is 46.8 Å². The molecule has 0 spiro atoms. The Morgan fingerprint density at radius 2 is 1.78 bits per heavy atom. The van der Waals surface area contributed by atoms with Crippen LogP contribution >= 0.6 is 11.8 Å². The molecule has 0 bridgehead atoms. The molecule has 2 aromatic carbocycles. The van der Waals surface area contributed by atoms with Gasteiger partial charge in [0.2, 0.25) is 5.91 Å². The average Bonchev–Trinajstić information content (AvgIpc) is 3.17. The zero-order chi connectivity index (χ0) is 26.2. The highest BCUT2D eigenvalue weighted by Crippen LogP contribution is 2.40. The topological polar surface area (TPSA) is 132 Å². The molecular formula is C26H25NO8S. The van der Waals surface area contributed by atoms with Crippen LogP contribution in [0.5, 0.6) is 11.5 Å². The van der Waals surface area contributed by atoms with Gasteiger partial charge in [-0.1, -0.05) is 36.9 Å². The van der Waals surface area contributed by atoms with Gasteiger partial charge in [0.1, 0.15) is 23.0 Å². The second-order valence-electron chi connectivity index (χ2n) is 7.42. The lowest BCUT2D eigenvalue weighted by molar-refractivity contribution is -0.138. The summed E-state index contributed by atoms with van der Waals surface area (Å²) in [5, 5.41) is 19.8. The van der Waals surface area contributed by atoms with Crippen LogP contribution in [0.3, 0.4) is 0 Å². The average molecular weight is 512 g/mol. The fourth-order valence-electron chi connectivity index (χ4n) is 3.13. The van der Waals surface area contributed by atoms with Crippen molar-refractivity contribution in [3.05, 3.63) is 75.4 Å². The number of aliphatic hydroxyl groups excluding tert-OH is 1. The summed E-state index contributed by atoms with van der Waals surface area (Å²) in [7, 11) is 1.49. The quantitative estimate of drug-likeness (QED) is 0.457. The Balaban J connectivity index is 1.84. The number of amides is 1. The molecule has 0 unspecified atom stereocenters. The maximum absolute atomic E-state index is 12.4. The van der Waals surface area contributed by atoms with Gasteiger partial charge in [-0.05, 0) is 48.4 Å². The minimum absolute atomic E-state index is 0.0879. The molecule has 2 N–H and O–H groups in total. The SMILES string of the molecule is CCOC(=O)C1=C(O)/C(=C/c2ccc(OCc3ccc(C(=O)O)cc3)c(OC)c2)SC1=NC(=O)CC. The number of thioether (sulfide) groups is 1. The molecule has 0 fully saturated rings. The summed E-state index contributed by atoms with van der Waals surface area (Å²) in [6.07, 6.45) is 1.79. The lowest BCUT2D eigenvalue weighted by Gasteiger charge is -2.12. The van der Waals surface area contributed by atoms with Crippen LogP contribution in [0.2, 0.25) is 0 Å². The predicted octanol–water partition coefficient (Wildman–Crippen LogP) is 4.77. The Bertz CT molecular complexity index is 1260. The van der Waals surface area contributed by atoms with Crippen LogP contribution < -0.4 is 9.47 Å². The van der Waals surface area contributed by atoms with Crippen LogP contribution in [0.4, 0.5) is 0 Å². The van der Waals surface area contributed by atoms with Crippen molar-refractivity contribution >= 4 is 40.7 Å². The third kappa shape index (κ3) is 6.33. The smallest absolute Gasteiger partial charge is 0.344 e. The van der Waals surface area contributed by atoms with Crippen molar-refractivity contribution in [3.8, 4) is 11.5 Å². The number of carbonyl (C=O) groups is 3. The molecule has 36 heavy (non-hydrogen) atoms. The second kappa shape index (κ2) is 12.1. The van der Waals surface area contributed by atoms with Crippen molar-refractivity contribution in [2.45, 2.75) is 26.9 Å². The first-order chi connectivity index (χ1) is 17.3. The second-order valence-corrected chi connectivity index (χ2v) is 8.45. The zero-order valence-corrected chi connectivity index (χ0v) is 20.8. The standard InChI is InChI=1S/C26H25NO8S/c1-4-21(28)27-24-22(26(32)34-5-2)23(29)20(36-24)13-16-8-11-18(19(12-16)33-3)35-14-15-6-9-17(10-7-15)25(30)31/h6-13,29H,4-5,14H2,1-3H3,(H,30,31)/b20-13-,27-24?. The first-order valence-electron chi connectivity index (χ1n) is 11.0. The highest BCUT2D eigenvalue weighted by Gasteiger charge is 2.33. The number of carboxylic acid groups (broad SMARTS) is 1. The molecule has 0 aliphatic carbocycles. The minimum Gasteiger partial charge on any atom is -0.506 e. The van der Waals surface area contributed by atoms with Gasteiger partial charge < -0.3 is 24.4 Å². The highest BCUT2D eigenvalue weighted by atomic mass is 32.2. The van der Waals surface area contributed by atoms with Crippen LogP contribution in [0.25, 0.3) is 6.08 Å². The van der Waals surface area contributed by atoms with E-state index in [1.807, 2.05) is 0 Å². The van der Waals surface area contributed by atoms with Crippen LogP contribution in [0, 0.1) is 0 Å². The van der Waals surface area contributed by atoms with Gasteiger partial charge in [0.05, 0.1) is 24.2 Å². The number of methoxy groups -OCH3 is 1. The molecule has 2 aromatic rings. The number of aliphatic imine (C=N–C) groups is 1. The molecule has 3 rings (SSSR count). The van der Waals surface area contributed by atoms with Crippen LogP contribution in [-0.2, 0) is 20.9 Å². The summed E-state index contributed by atoms with van der Waals surface area (Å²) in [5.41, 5.74) is 1.47. The van der Waals surface area contributed by atoms with E-state index >= 15 is 0 Å². The monoisotopic (exact) mass is 511 g/mol. The third-order valence-electron chi connectivity index (χ3n) is 4.98. The van der Waals surface area contributed by atoms with Gasteiger partial charge in [-0.15, -0.1) is 0 Å². The Kier molecular flexibility index (Phi) is 8.91. The van der Waals surface area contributed by atoms with Crippen molar-refractivity contribution < 1.29 is 38.8 Å². The number of rotatable bonds is 9. The lowest BCUT2D eigenvalue weighted by atomic mass is 10.1. The molecule has 0 saturated carbocycles.